The second-order valence-electron chi connectivity index (χ2n) is 2.85. The van der Waals surface area contributed by atoms with Crippen molar-refractivity contribution in [1.29, 1.82) is 0 Å². The summed E-state index contributed by atoms with van der Waals surface area (Å²) in [4.78, 5) is 11.8. The van der Waals surface area contributed by atoms with Crippen molar-refractivity contribution in [1.82, 2.24) is 0 Å². The standard InChI is InChI=1S/C11H8O3S/c12-11(13)9-5-6-14-10(9)4-3-8-2-1-7-15-8/h1-7H,(H,12,13)/b4-3+. The van der Waals surface area contributed by atoms with Gasteiger partial charge in [0.2, 0.25) is 0 Å². The van der Waals surface area contributed by atoms with Crippen molar-refractivity contribution in [2.24, 2.45) is 0 Å². The number of rotatable bonds is 3. The van der Waals surface area contributed by atoms with E-state index >= 15 is 0 Å². The van der Waals surface area contributed by atoms with Crippen LogP contribution < -0.4 is 0 Å². The minimum Gasteiger partial charge on any atom is -0.478 e. The highest BCUT2D eigenvalue weighted by molar-refractivity contribution is 7.10. The molecule has 2 aromatic rings. The zero-order valence-corrected chi connectivity index (χ0v) is 8.53. The van der Waals surface area contributed by atoms with Crippen molar-refractivity contribution in [3.05, 3.63) is 46.0 Å². The first-order chi connectivity index (χ1) is 7.27. The second kappa shape index (κ2) is 4.14. The molecule has 3 nitrogen and oxygen atoms in total. The van der Waals surface area contributed by atoms with Crippen LogP contribution in [0, 0.1) is 0 Å². The Bertz CT molecular complexity index is 480. The highest BCUT2D eigenvalue weighted by Crippen LogP contribution is 2.16. The van der Waals surface area contributed by atoms with Gasteiger partial charge in [0.05, 0.1) is 6.26 Å². The average molecular weight is 220 g/mol. The van der Waals surface area contributed by atoms with Crippen LogP contribution in [0.1, 0.15) is 21.0 Å². The maximum Gasteiger partial charge on any atom is 0.339 e. The SMILES string of the molecule is O=C(O)c1ccoc1/C=C/c1cccs1. The van der Waals surface area contributed by atoms with Crippen molar-refractivity contribution in [2.45, 2.75) is 0 Å². The van der Waals surface area contributed by atoms with E-state index in [2.05, 4.69) is 0 Å². The Labute approximate surface area is 90.3 Å². The quantitative estimate of drug-likeness (QED) is 0.864. The fourth-order valence-corrected chi connectivity index (χ4v) is 1.79. The minimum absolute atomic E-state index is 0.183. The molecule has 1 N–H and O–H groups in total. The Morgan fingerprint density at radius 1 is 1.40 bits per heavy atom. The fraction of sp³-hybridized carbons (Fsp3) is 0. The molecule has 0 radical (unpaired) electrons. The molecule has 0 spiro atoms. The molecule has 0 saturated heterocycles. The van der Waals surface area contributed by atoms with E-state index in [9.17, 15) is 4.79 Å². The molecule has 0 unspecified atom stereocenters. The summed E-state index contributed by atoms with van der Waals surface area (Å²) in [5.74, 6) is -0.606. The van der Waals surface area contributed by atoms with E-state index in [1.165, 1.54) is 12.3 Å². The molecule has 0 fully saturated rings. The summed E-state index contributed by atoms with van der Waals surface area (Å²) < 4.78 is 5.06. The Morgan fingerprint density at radius 3 is 2.93 bits per heavy atom. The third-order valence-electron chi connectivity index (χ3n) is 1.87. The molecule has 2 aromatic heterocycles. The molecule has 0 saturated carbocycles. The van der Waals surface area contributed by atoms with E-state index in [0.29, 0.717) is 5.76 Å². The molecule has 0 aromatic carbocycles. The van der Waals surface area contributed by atoms with Gasteiger partial charge in [0.25, 0.3) is 0 Å². The third-order valence-corrected chi connectivity index (χ3v) is 2.71. The van der Waals surface area contributed by atoms with E-state index in [0.717, 1.165) is 4.88 Å². The molecule has 2 heterocycles. The van der Waals surface area contributed by atoms with Crippen LogP contribution in [0.25, 0.3) is 12.2 Å². The summed E-state index contributed by atoms with van der Waals surface area (Å²) in [6, 6.07) is 5.32. The molecule has 15 heavy (non-hydrogen) atoms. The Hall–Kier alpha value is -1.81. The number of hydrogen-bond acceptors (Lipinski definition) is 3. The van der Waals surface area contributed by atoms with E-state index < -0.39 is 5.97 Å². The van der Waals surface area contributed by atoms with Gasteiger partial charge in [-0.2, -0.15) is 0 Å². The predicted molar refractivity (Wildman–Crippen MR) is 58.9 cm³/mol. The molecule has 76 valence electrons. The minimum atomic E-state index is -0.977. The lowest BCUT2D eigenvalue weighted by Gasteiger charge is -1.89. The van der Waals surface area contributed by atoms with Crippen LogP contribution in [0.2, 0.25) is 0 Å². The molecule has 4 heteroatoms. The number of hydrogen-bond donors (Lipinski definition) is 1. The van der Waals surface area contributed by atoms with Crippen molar-refractivity contribution >= 4 is 29.5 Å². The Kier molecular flexibility index (Phi) is 2.69. The predicted octanol–water partition coefficient (Wildman–Crippen LogP) is 3.21. The summed E-state index contributed by atoms with van der Waals surface area (Å²) in [5, 5.41) is 10.8. The summed E-state index contributed by atoms with van der Waals surface area (Å²) in [6.45, 7) is 0. The molecule has 2 rings (SSSR count). The van der Waals surface area contributed by atoms with Crippen LogP contribution in [-0.2, 0) is 0 Å². The average Bonchev–Trinajstić information content (AvgIpc) is 2.86. The lowest BCUT2D eigenvalue weighted by Crippen LogP contribution is -1.95. The van der Waals surface area contributed by atoms with E-state index in [1.807, 2.05) is 23.6 Å². The van der Waals surface area contributed by atoms with Gasteiger partial charge in [-0.1, -0.05) is 6.07 Å². The summed E-state index contributed by atoms with van der Waals surface area (Å²) >= 11 is 1.58. The highest BCUT2D eigenvalue weighted by atomic mass is 32.1. The van der Waals surface area contributed by atoms with Crippen molar-refractivity contribution in [3.8, 4) is 0 Å². The Balaban J connectivity index is 2.24. The molecule has 0 aliphatic rings. The molecular weight excluding hydrogens is 212 g/mol. The van der Waals surface area contributed by atoms with Crippen LogP contribution in [-0.4, -0.2) is 11.1 Å². The van der Waals surface area contributed by atoms with Crippen LogP contribution in [0.3, 0.4) is 0 Å². The molecule has 0 atom stereocenters. The van der Waals surface area contributed by atoms with E-state index in [1.54, 1.807) is 17.4 Å². The van der Waals surface area contributed by atoms with Gasteiger partial charge in [-0.25, -0.2) is 4.79 Å². The fourth-order valence-electron chi connectivity index (χ4n) is 1.17. The first-order valence-corrected chi connectivity index (χ1v) is 5.18. The Morgan fingerprint density at radius 2 is 2.27 bits per heavy atom. The zero-order valence-electron chi connectivity index (χ0n) is 7.71. The van der Waals surface area contributed by atoms with Crippen LogP contribution in [0.4, 0.5) is 0 Å². The van der Waals surface area contributed by atoms with Gasteiger partial charge in [0, 0.05) is 4.88 Å². The van der Waals surface area contributed by atoms with Crippen LogP contribution in [0.5, 0.6) is 0 Å². The van der Waals surface area contributed by atoms with Gasteiger partial charge >= 0.3 is 5.97 Å². The van der Waals surface area contributed by atoms with Gasteiger partial charge in [-0.15, -0.1) is 11.3 Å². The third kappa shape index (κ3) is 2.16. The number of thiophene rings is 1. The lowest BCUT2D eigenvalue weighted by atomic mass is 10.2. The van der Waals surface area contributed by atoms with E-state index in [4.69, 9.17) is 9.52 Å². The monoisotopic (exact) mass is 220 g/mol. The normalized spacial score (nSPS) is 10.9. The molecule has 0 aliphatic carbocycles. The van der Waals surface area contributed by atoms with Gasteiger partial charge in [-0.05, 0) is 29.7 Å². The summed E-state index contributed by atoms with van der Waals surface area (Å²) in [7, 11) is 0. The molecule has 0 bridgehead atoms. The topological polar surface area (TPSA) is 50.4 Å². The maximum absolute atomic E-state index is 10.8. The van der Waals surface area contributed by atoms with Gasteiger partial charge < -0.3 is 9.52 Å². The van der Waals surface area contributed by atoms with Gasteiger partial charge in [0.1, 0.15) is 11.3 Å². The van der Waals surface area contributed by atoms with Crippen LogP contribution >= 0.6 is 11.3 Å². The lowest BCUT2D eigenvalue weighted by molar-refractivity contribution is 0.0696. The zero-order chi connectivity index (χ0) is 10.7. The molecule has 0 aliphatic heterocycles. The smallest absolute Gasteiger partial charge is 0.339 e. The molecular formula is C11H8O3S. The first-order valence-electron chi connectivity index (χ1n) is 4.30. The van der Waals surface area contributed by atoms with Crippen molar-refractivity contribution in [2.75, 3.05) is 0 Å². The van der Waals surface area contributed by atoms with Gasteiger partial charge in [-0.3, -0.25) is 0 Å². The number of carbonyl (C=O) groups is 1. The first kappa shape index (κ1) is 9.73. The van der Waals surface area contributed by atoms with Crippen LogP contribution in [0.15, 0.2) is 34.3 Å². The summed E-state index contributed by atoms with van der Waals surface area (Å²) in [5.41, 5.74) is 0.183. The second-order valence-corrected chi connectivity index (χ2v) is 3.83. The van der Waals surface area contributed by atoms with E-state index in [-0.39, 0.29) is 5.56 Å². The van der Waals surface area contributed by atoms with Crippen molar-refractivity contribution in [3.63, 3.8) is 0 Å². The molecule has 0 amide bonds. The number of carboxylic acid groups (broad SMARTS) is 1. The van der Waals surface area contributed by atoms with Crippen molar-refractivity contribution < 1.29 is 14.3 Å². The maximum atomic E-state index is 10.8. The number of aromatic carboxylic acids is 1. The summed E-state index contributed by atoms with van der Waals surface area (Å²) in [6.07, 6.45) is 4.86. The largest absolute Gasteiger partial charge is 0.478 e. The number of furan rings is 1. The highest BCUT2D eigenvalue weighted by Gasteiger charge is 2.10. The number of carboxylic acids is 1. The van der Waals surface area contributed by atoms with Gasteiger partial charge in [0.15, 0.2) is 0 Å².